The van der Waals surface area contributed by atoms with Crippen molar-refractivity contribution in [2.75, 3.05) is 6.61 Å². The third-order valence-electron chi connectivity index (χ3n) is 3.38. The van der Waals surface area contributed by atoms with Crippen LogP contribution in [0.2, 0.25) is 5.02 Å². The monoisotopic (exact) mass is 297 g/mol. The van der Waals surface area contributed by atoms with Crippen LogP contribution in [0.25, 0.3) is 0 Å². The zero-order valence-corrected chi connectivity index (χ0v) is 13.4. The maximum absolute atomic E-state index is 12.5. The van der Waals surface area contributed by atoms with Gasteiger partial charge >= 0.3 is 0 Å². The summed E-state index contributed by atoms with van der Waals surface area (Å²) in [4.78, 5) is 12.5. The van der Waals surface area contributed by atoms with Crippen molar-refractivity contribution in [2.45, 2.75) is 45.6 Å². The second-order valence-electron chi connectivity index (χ2n) is 6.12. The third kappa shape index (κ3) is 4.80. The Morgan fingerprint density at radius 1 is 1.30 bits per heavy atom. The number of aliphatic hydroxyl groups is 1. The van der Waals surface area contributed by atoms with E-state index in [9.17, 15) is 4.79 Å². The summed E-state index contributed by atoms with van der Waals surface area (Å²) in [5, 5.41) is 12.7. The normalized spacial score (nSPS) is 13.3. The number of hydrogen-bond donors (Lipinski definition) is 2. The van der Waals surface area contributed by atoms with Crippen LogP contribution in [0, 0.1) is 5.92 Å². The molecule has 0 heterocycles. The van der Waals surface area contributed by atoms with Gasteiger partial charge in [0.25, 0.3) is 0 Å². The van der Waals surface area contributed by atoms with E-state index in [0.717, 1.165) is 5.56 Å². The summed E-state index contributed by atoms with van der Waals surface area (Å²) in [6.07, 6.45) is 0.532. The number of benzene rings is 1. The zero-order valence-electron chi connectivity index (χ0n) is 12.6. The highest BCUT2D eigenvalue weighted by Crippen LogP contribution is 2.27. The number of nitrogens with one attached hydrogen (secondary N) is 1. The van der Waals surface area contributed by atoms with Gasteiger partial charge in [-0.15, -0.1) is 0 Å². The fraction of sp³-hybridized carbons (Fsp3) is 0.562. The number of halogens is 1. The highest BCUT2D eigenvalue weighted by atomic mass is 35.5. The summed E-state index contributed by atoms with van der Waals surface area (Å²) in [7, 11) is 0. The molecular formula is C16H24ClNO2. The molecule has 20 heavy (non-hydrogen) atoms. The van der Waals surface area contributed by atoms with Crippen molar-refractivity contribution in [1.82, 2.24) is 5.32 Å². The topological polar surface area (TPSA) is 49.3 Å². The van der Waals surface area contributed by atoms with E-state index in [1.165, 1.54) is 0 Å². The van der Waals surface area contributed by atoms with Crippen LogP contribution >= 0.6 is 11.6 Å². The second kappa shape index (κ2) is 7.09. The Bertz CT molecular complexity index is 440. The SMILES string of the molecule is CC(C)C(C(=O)NC(C)(C)CCO)c1ccc(Cl)cc1. The number of rotatable bonds is 6. The molecular weight excluding hydrogens is 274 g/mol. The van der Waals surface area contributed by atoms with E-state index < -0.39 is 5.54 Å². The van der Waals surface area contributed by atoms with Gasteiger partial charge < -0.3 is 10.4 Å². The Balaban J connectivity index is 2.91. The van der Waals surface area contributed by atoms with E-state index in [2.05, 4.69) is 5.32 Å². The smallest absolute Gasteiger partial charge is 0.228 e. The van der Waals surface area contributed by atoms with E-state index >= 15 is 0 Å². The highest BCUT2D eigenvalue weighted by Gasteiger charge is 2.28. The number of aliphatic hydroxyl groups excluding tert-OH is 1. The minimum absolute atomic E-state index is 0.0132. The molecule has 0 aliphatic rings. The van der Waals surface area contributed by atoms with Crippen LogP contribution in [0.5, 0.6) is 0 Å². The van der Waals surface area contributed by atoms with Gasteiger partial charge in [0.1, 0.15) is 0 Å². The number of carbonyl (C=O) groups is 1. The molecule has 0 saturated carbocycles. The maximum Gasteiger partial charge on any atom is 0.228 e. The summed E-state index contributed by atoms with van der Waals surface area (Å²) in [6, 6.07) is 7.40. The van der Waals surface area contributed by atoms with Gasteiger partial charge in [-0.2, -0.15) is 0 Å². The average molecular weight is 298 g/mol. The number of carbonyl (C=O) groups excluding carboxylic acids is 1. The minimum atomic E-state index is -0.411. The molecule has 1 atom stereocenters. The maximum atomic E-state index is 12.5. The molecule has 0 saturated heterocycles. The zero-order chi connectivity index (χ0) is 15.3. The fourth-order valence-electron chi connectivity index (χ4n) is 2.26. The highest BCUT2D eigenvalue weighted by molar-refractivity contribution is 6.30. The van der Waals surface area contributed by atoms with Crippen LogP contribution in [0.1, 0.15) is 45.6 Å². The lowest BCUT2D eigenvalue weighted by molar-refractivity contribution is -0.125. The Hall–Kier alpha value is -1.06. The molecule has 0 bridgehead atoms. The molecule has 0 spiro atoms. The van der Waals surface area contributed by atoms with Crippen LogP contribution in [0.4, 0.5) is 0 Å². The van der Waals surface area contributed by atoms with Crippen molar-refractivity contribution in [2.24, 2.45) is 5.92 Å². The van der Waals surface area contributed by atoms with Gasteiger partial charge in [0, 0.05) is 17.2 Å². The lowest BCUT2D eigenvalue weighted by atomic mass is 9.86. The predicted molar refractivity (Wildman–Crippen MR) is 83.0 cm³/mol. The number of hydrogen-bond acceptors (Lipinski definition) is 2. The Labute approximate surface area is 126 Å². The van der Waals surface area contributed by atoms with Crippen molar-refractivity contribution in [3.63, 3.8) is 0 Å². The molecule has 0 radical (unpaired) electrons. The van der Waals surface area contributed by atoms with Crippen molar-refractivity contribution >= 4 is 17.5 Å². The molecule has 1 aromatic rings. The average Bonchev–Trinajstić information content (AvgIpc) is 2.30. The third-order valence-corrected chi connectivity index (χ3v) is 3.63. The van der Waals surface area contributed by atoms with Gasteiger partial charge in [-0.3, -0.25) is 4.79 Å². The van der Waals surface area contributed by atoms with E-state index in [0.29, 0.717) is 11.4 Å². The standard InChI is InChI=1S/C16H24ClNO2/c1-11(2)14(12-5-7-13(17)8-6-12)15(20)18-16(3,4)9-10-19/h5-8,11,14,19H,9-10H2,1-4H3,(H,18,20). The van der Waals surface area contributed by atoms with Gasteiger partial charge in [-0.05, 0) is 43.9 Å². The van der Waals surface area contributed by atoms with Crippen LogP contribution < -0.4 is 5.32 Å². The molecule has 0 fully saturated rings. The van der Waals surface area contributed by atoms with Crippen LogP contribution in [0.3, 0.4) is 0 Å². The molecule has 2 N–H and O–H groups in total. The second-order valence-corrected chi connectivity index (χ2v) is 6.56. The molecule has 1 amide bonds. The quantitative estimate of drug-likeness (QED) is 0.846. The molecule has 3 nitrogen and oxygen atoms in total. The number of amides is 1. The first-order valence-corrected chi connectivity index (χ1v) is 7.33. The van der Waals surface area contributed by atoms with Crippen LogP contribution in [-0.4, -0.2) is 23.2 Å². The van der Waals surface area contributed by atoms with Gasteiger partial charge in [0.15, 0.2) is 0 Å². The predicted octanol–water partition coefficient (Wildman–Crippen LogP) is 3.36. The van der Waals surface area contributed by atoms with Crippen molar-refractivity contribution in [3.8, 4) is 0 Å². The van der Waals surface area contributed by atoms with Gasteiger partial charge in [0.05, 0.1) is 5.92 Å². The summed E-state index contributed by atoms with van der Waals surface area (Å²) in [6.45, 7) is 7.94. The Morgan fingerprint density at radius 2 is 1.85 bits per heavy atom. The molecule has 0 aliphatic carbocycles. The fourth-order valence-corrected chi connectivity index (χ4v) is 2.39. The summed E-state index contributed by atoms with van der Waals surface area (Å²) in [5.41, 5.74) is 0.549. The summed E-state index contributed by atoms with van der Waals surface area (Å²) in [5.74, 6) is -0.0490. The van der Waals surface area contributed by atoms with Crippen molar-refractivity contribution < 1.29 is 9.90 Å². The molecule has 112 valence electrons. The van der Waals surface area contributed by atoms with Crippen LogP contribution in [-0.2, 0) is 4.79 Å². The Morgan fingerprint density at radius 3 is 2.30 bits per heavy atom. The largest absolute Gasteiger partial charge is 0.396 e. The lowest BCUT2D eigenvalue weighted by Crippen LogP contribution is -2.46. The molecule has 0 aromatic heterocycles. The molecule has 1 rings (SSSR count). The van der Waals surface area contributed by atoms with E-state index in [1.807, 2.05) is 39.8 Å². The molecule has 0 aliphatic heterocycles. The van der Waals surface area contributed by atoms with Gasteiger partial charge in [-0.1, -0.05) is 37.6 Å². The van der Waals surface area contributed by atoms with E-state index in [4.69, 9.17) is 16.7 Å². The summed E-state index contributed by atoms with van der Waals surface area (Å²) < 4.78 is 0. The first kappa shape index (κ1) is 17.0. The molecule has 4 heteroatoms. The van der Waals surface area contributed by atoms with E-state index in [-0.39, 0.29) is 24.3 Å². The first-order chi connectivity index (χ1) is 9.26. The molecule has 1 unspecified atom stereocenters. The first-order valence-electron chi connectivity index (χ1n) is 6.95. The summed E-state index contributed by atoms with van der Waals surface area (Å²) >= 11 is 5.89. The van der Waals surface area contributed by atoms with Crippen molar-refractivity contribution in [1.29, 1.82) is 0 Å². The minimum Gasteiger partial charge on any atom is -0.396 e. The van der Waals surface area contributed by atoms with E-state index in [1.54, 1.807) is 12.1 Å². The van der Waals surface area contributed by atoms with Crippen molar-refractivity contribution in [3.05, 3.63) is 34.9 Å². The molecule has 1 aromatic carbocycles. The van der Waals surface area contributed by atoms with Gasteiger partial charge in [0.2, 0.25) is 5.91 Å². The van der Waals surface area contributed by atoms with Gasteiger partial charge in [-0.25, -0.2) is 0 Å². The Kier molecular flexibility index (Phi) is 6.03. The van der Waals surface area contributed by atoms with Crippen LogP contribution in [0.15, 0.2) is 24.3 Å². The lowest BCUT2D eigenvalue weighted by Gasteiger charge is -2.30.